The summed E-state index contributed by atoms with van der Waals surface area (Å²) in [6.07, 6.45) is 0. The Balaban J connectivity index is 2.03. The number of nitrogens with zero attached hydrogens (tertiary/aromatic N) is 2. The molecule has 2 aromatic heterocycles. The Morgan fingerprint density at radius 3 is 2.81 bits per heavy atom. The van der Waals surface area contributed by atoms with Gasteiger partial charge in [0.15, 0.2) is 0 Å². The molecule has 4 heteroatoms. The third-order valence-electron chi connectivity index (χ3n) is 4.08. The minimum Gasteiger partial charge on any atom is -0.319 e. The van der Waals surface area contributed by atoms with Gasteiger partial charge in [-0.15, -0.1) is 11.3 Å². The highest BCUT2D eigenvalue weighted by Gasteiger charge is 2.23. The zero-order chi connectivity index (χ0) is 14.0. The zero-order valence-corrected chi connectivity index (χ0v) is 11.9. The first kappa shape index (κ1) is 11.2. The van der Waals surface area contributed by atoms with Gasteiger partial charge in [0, 0.05) is 15.6 Å². The summed E-state index contributed by atoms with van der Waals surface area (Å²) in [6, 6.07) is 16.4. The molecule has 0 saturated heterocycles. The SMILES string of the molecule is O=c1nc2n(c3c1sc1ccccc13)Cc1ccccc1-2. The smallest absolute Gasteiger partial charge is 0.291 e. The topological polar surface area (TPSA) is 34.9 Å². The van der Waals surface area contributed by atoms with Crippen molar-refractivity contribution in [3.8, 4) is 11.4 Å². The lowest BCUT2D eigenvalue weighted by atomic mass is 10.1. The standard InChI is InChI=1S/C17H10N2OS/c20-17-15-14(12-7-3-4-8-13(12)21-15)19-9-10-5-1-2-6-11(10)16(19)18-17/h1-8H,9H2. The van der Waals surface area contributed by atoms with Gasteiger partial charge in [-0.1, -0.05) is 42.5 Å². The van der Waals surface area contributed by atoms with Crippen LogP contribution in [0.25, 0.3) is 31.7 Å². The molecule has 4 aromatic rings. The largest absolute Gasteiger partial charge is 0.319 e. The number of aromatic nitrogens is 2. The first-order chi connectivity index (χ1) is 10.3. The zero-order valence-electron chi connectivity index (χ0n) is 11.0. The van der Waals surface area contributed by atoms with Gasteiger partial charge in [-0.2, -0.15) is 4.98 Å². The Labute approximate surface area is 124 Å². The number of benzene rings is 2. The summed E-state index contributed by atoms with van der Waals surface area (Å²) < 4.78 is 4.08. The van der Waals surface area contributed by atoms with Crippen LogP contribution in [0.4, 0.5) is 0 Å². The first-order valence-corrected chi connectivity index (χ1v) is 7.65. The van der Waals surface area contributed by atoms with Crippen molar-refractivity contribution in [2.24, 2.45) is 0 Å². The van der Waals surface area contributed by atoms with Crippen LogP contribution in [0.5, 0.6) is 0 Å². The molecule has 0 aliphatic carbocycles. The van der Waals surface area contributed by atoms with Gasteiger partial charge in [0.2, 0.25) is 0 Å². The van der Waals surface area contributed by atoms with Crippen LogP contribution in [0.2, 0.25) is 0 Å². The molecule has 0 fully saturated rings. The molecule has 0 unspecified atom stereocenters. The summed E-state index contributed by atoms with van der Waals surface area (Å²) in [4.78, 5) is 16.7. The molecule has 1 aliphatic rings. The molecule has 0 saturated carbocycles. The van der Waals surface area contributed by atoms with Crippen LogP contribution in [-0.2, 0) is 6.54 Å². The summed E-state index contributed by atoms with van der Waals surface area (Å²) in [5, 5.41) is 1.14. The fraction of sp³-hybridized carbons (Fsp3) is 0.0588. The summed E-state index contributed by atoms with van der Waals surface area (Å²) in [5.74, 6) is 0.798. The van der Waals surface area contributed by atoms with Crippen LogP contribution < -0.4 is 5.56 Å². The lowest BCUT2D eigenvalue weighted by Gasteiger charge is -2.05. The summed E-state index contributed by atoms with van der Waals surface area (Å²) in [5.41, 5.74) is 3.22. The van der Waals surface area contributed by atoms with Crippen molar-refractivity contribution in [1.82, 2.24) is 9.55 Å². The highest BCUT2D eigenvalue weighted by molar-refractivity contribution is 7.25. The normalized spacial score (nSPS) is 12.8. The summed E-state index contributed by atoms with van der Waals surface area (Å²) >= 11 is 1.54. The Hall–Kier alpha value is -2.46. The molecule has 5 rings (SSSR count). The molecule has 100 valence electrons. The molecule has 0 atom stereocenters. The van der Waals surface area contributed by atoms with Gasteiger partial charge in [0.1, 0.15) is 10.5 Å². The molecule has 0 N–H and O–H groups in total. The van der Waals surface area contributed by atoms with E-state index < -0.39 is 0 Å². The molecule has 1 aliphatic heterocycles. The Bertz CT molecular complexity index is 1090. The Morgan fingerprint density at radius 1 is 1.05 bits per heavy atom. The predicted octanol–water partition coefficient (Wildman–Crippen LogP) is 3.64. The first-order valence-electron chi connectivity index (χ1n) is 6.83. The van der Waals surface area contributed by atoms with Gasteiger partial charge in [0.25, 0.3) is 5.56 Å². The lowest BCUT2D eigenvalue weighted by molar-refractivity contribution is 0.858. The van der Waals surface area contributed by atoms with Crippen molar-refractivity contribution < 1.29 is 0 Å². The van der Waals surface area contributed by atoms with Crippen LogP contribution in [0, 0.1) is 0 Å². The van der Waals surface area contributed by atoms with E-state index in [9.17, 15) is 4.79 Å². The van der Waals surface area contributed by atoms with E-state index in [1.54, 1.807) is 0 Å². The van der Waals surface area contributed by atoms with E-state index in [1.807, 2.05) is 30.3 Å². The van der Waals surface area contributed by atoms with Crippen LogP contribution in [-0.4, -0.2) is 9.55 Å². The second-order valence-corrected chi connectivity index (χ2v) is 6.31. The van der Waals surface area contributed by atoms with Crippen LogP contribution in [0.1, 0.15) is 5.56 Å². The number of hydrogen-bond acceptors (Lipinski definition) is 3. The predicted molar refractivity (Wildman–Crippen MR) is 85.9 cm³/mol. The van der Waals surface area contributed by atoms with Crippen LogP contribution in [0.15, 0.2) is 53.3 Å². The molecular formula is C17H10N2OS. The van der Waals surface area contributed by atoms with E-state index in [1.165, 1.54) is 16.9 Å². The van der Waals surface area contributed by atoms with Gasteiger partial charge in [-0.05, 0) is 11.6 Å². The van der Waals surface area contributed by atoms with E-state index in [2.05, 4.69) is 27.8 Å². The minimum absolute atomic E-state index is 0.117. The van der Waals surface area contributed by atoms with Gasteiger partial charge >= 0.3 is 0 Å². The van der Waals surface area contributed by atoms with Crippen molar-refractivity contribution in [1.29, 1.82) is 0 Å². The van der Waals surface area contributed by atoms with Gasteiger partial charge < -0.3 is 4.57 Å². The number of rotatable bonds is 0. The van der Waals surface area contributed by atoms with E-state index in [-0.39, 0.29) is 5.56 Å². The molecule has 3 nitrogen and oxygen atoms in total. The average molecular weight is 290 g/mol. The third-order valence-corrected chi connectivity index (χ3v) is 5.23. The quantitative estimate of drug-likeness (QED) is 0.436. The molecule has 0 spiro atoms. The molecule has 3 heterocycles. The maximum atomic E-state index is 12.4. The van der Waals surface area contributed by atoms with E-state index >= 15 is 0 Å². The van der Waals surface area contributed by atoms with Crippen molar-refractivity contribution in [2.45, 2.75) is 6.54 Å². The monoisotopic (exact) mass is 290 g/mol. The fourth-order valence-electron chi connectivity index (χ4n) is 3.16. The maximum Gasteiger partial charge on any atom is 0.291 e. The molecule has 0 amide bonds. The van der Waals surface area contributed by atoms with Crippen molar-refractivity contribution in [3.63, 3.8) is 0 Å². The van der Waals surface area contributed by atoms with Crippen LogP contribution >= 0.6 is 11.3 Å². The van der Waals surface area contributed by atoms with Gasteiger partial charge in [-0.3, -0.25) is 4.79 Å². The molecule has 0 bridgehead atoms. The second kappa shape index (κ2) is 3.80. The number of hydrogen-bond donors (Lipinski definition) is 0. The Morgan fingerprint density at radius 2 is 1.86 bits per heavy atom. The van der Waals surface area contributed by atoms with E-state index in [0.29, 0.717) is 0 Å². The number of fused-ring (bicyclic) bond motifs is 7. The fourth-order valence-corrected chi connectivity index (χ4v) is 4.26. The molecule has 2 aromatic carbocycles. The molecule has 0 radical (unpaired) electrons. The summed E-state index contributed by atoms with van der Waals surface area (Å²) in [6.45, 7) is 0.788. The second-order valence-electron chi connectivity index (χ2n) is 5.26. The summed E-state index contributed by atoms with van der Waals surface area (Å²) in [7, 11) is 0. The van der Waals surface area contributed by atoms with Gasteiger partial charge in [0.05, 0.1) is 12.1 Å². The maximum absolute atomic E-state index is 12.4. The van der Waals surface area contributed by atoms with Crippen LogP contribution in [0.3, 0.4) is 0 Å². The third kappa shape index (κ3) is 1.37. The van der Waals surface area contributed by atoms with Crippen molar-refractivity contribution in [3.05, 3.63) is 64.4 Å². The molecule has 21 heavy (non-hydrogen) atoms. The van der Waals surface area contributed by atoms with E-state index in [4.69, 9.17) is 0 Å². The highest BCUT2D eigenvalue weighted by Crippen LogP contribution is 2.37. The lowest BCUT2D eigenvalue weighted by Crippen LogP contribution is -2.11. The van der Waals surface area contributed by atoms with Crippen molar-refractivity contribution >= 4 is 31.6 Å². The van der Waals surface area contributed by atoms with Crippen molar-refractivity contribution in [2.75, 3.05) is 0 Å². The minimum atomic E-state index is -0.117. The Kier molecular flexibility index (Phi) is 2.03. The van der Waals surface area contributed by atoms with E-state index in [0.717, 1.165) is 38.2 Å². The highest BCUT2D eigenvalue weighted by atomic mass is 32.1. The molecular weight excluding hydrogens is 280 g/mol. The van der Waals surface area contributed by atoms with Gasteiger partial charge in [-0.25, -0.2) is 0 Å². The number of thiophene rings is 1. The average Bonchev–Trinajstić information content (AvgIpc) is 3.06.